The molecule has 0 N–H and O–H groups in total. The predicted molar refractivity (Wildman–Crippen MR) is 94.3 cm³/mol. The number of rotatable bonds is 8. The molecule has 0 atom stereocenters. The third-order valence-electron chi connectivity index (χ3n) is 4.20. The lowest BCUT2D eigenvalue weighted by atomic mass is 9.99. The van der Waals surface area contributed by atoms with Crippen LogP contribution in [0.25, 0.3) is 11.1 Å². The third-order valence-corrected chi connectivity index (χ3v) is 4.20. The van der Waals surface area contributed by atoms with E-state index in [0.717, 1.165) is 24.0 Å². The van der Waals surface area contributed by atoms with Crippen LogP contribution in [0.4, 0.5) is 4.39 Å². The minimum Gasteiger partial charge on any atom is -0.295 e. The van der Waals surface area contributed by atoms with Crippen molar-refractivity contribution in [3.8, 4) is 11.1 Å². The number of carbonyl (C=O) groups excluding carboxylic acids is 1. The Balaban J connectivity index is 2.02. The average Bonchev–Trinajstić information content (AvgIpc) is 2.55. The number of halogens is 1. The van der Waals surface area contributed by atoms with Gasteiger partial charge in [-0.1, -0.05) is 69.0 Å². The van der Waals surface area contributed by atoms with Crippen LogP contribution in [0.3, 0.4) is 0 Å². The van der Waals surface area contributed by atoms with E-state index in [-0.39, 0.29) is 11.6 Å². The van der Waals surface area contributed by atoms with Gasteiger partial charge < -0.3 is 0 Å². The number of unbranched alkanes of at least 4 members (excludes halogenated alkanes) is 4. The van der Waals surface area contributed by atoms with Crippen LogP contribution in [0.1, 0.15) is 61.9 Å². The smallest absolute Gasteiger partial charge is 0.159 e. The highest BCUT2D eigenvalue weighted by Gasteiger charge is 2.07. The molecule has 2 rings (SSSR count). The zero-order valence-electron chi connectivity index (χ0n) is 14.1. The highest BCUT2D eigenvalue weighted by Crippen LogP contribution is 2.25. The fraction of sp³-hybridized carbons (Fsp3) is 0.381. The van der Waals surface area contributed by atoms with Crippen LogP contribution < -0.4 is 0 Å². The van der Waals surface area contributed by atoms with E-state index in [9.17, 15) is 9.18 Å². The zero-order valence-corrected chi connectivity index (χ0v) is 14.1. The van der Waals surface area contributed by atoms with Gasteiger partial charge in [0.05, 0.1) is 0 Å². The number of carbonyl (C=O) groups is 1. The number of benzene rings is 2. The van der Waals surface area contributed by atoms with Gasteiger partial charge in [-0.2, -0.15) is 0 Å². The van der Waals surface area contributed by atoms with Crippen molar-refractivity contribution in [3.63, 3.8) is 0 Å². The van der Waals surface area contributed by atoms with E-state index in [2.05, 4.69) is 6.92 Å². The van der Waals surface area contributed by atoms with Crippen molar-refractivity contribution >= 4 is 5.78 Å². The first-order chi connectivity index (χ1) is 11.1. The topological polar surface area (TPSA) is 17.1 Å². The van der Waals surface area contributed by atoms with Crippen LogP contribution in [-0.4, -0.2) is 5.78 Å². The molecule has 0 aliphatic rings. The van der Waals surface area contributed by atoms with Crippen molar-refractivity contribution in [3.05, 3.63) is 59.4 Å². The van der Waals surface area contributed by atoms with Gasteiger partial charge in [-0.15, -0.1) is 0 Å². The number of Topliss-reactive ketones (excluding diaryl/α,β-unsaturated/α-hetero) is 1. The van der Waals surface area contributed by atoms with Crippen LogP contribution >= 0.6 is 0 Å². The molecule has 0 saturated heterocycles. The predicted octanol–water partition coefficient (Wildman–Crippen LogP) is 6.21. The van der Waals surface area contributed by atoms with Gasteiger partial charge >= 0.3 is 0 Å². The maximum atomic E-state index is 14.4. The molecule has 0 amide bonds. The molecule has 0 aromatic heterocycles. The summed E-state index contributed by atoms with van der Waals surface area (Å²) in [5.74, 6) is -0.165. The second-order valence-corrected chi connectivity index (χ2v) is 6.11. The number of hydrogen-bond acceptors (Lipinski definition) is 1. The first-order valence-electron chi connectivity index (χ1n) is 8.51. The summed E-state index contributed by atoms with van der Waals surface area (Å²) in [6.45, 7) is 3.74. The lowest BCUT2D eigenvalue weighted by Crippen LogP contribution is -1.93. The molecule has 2 heteroatoms. The lowest BCUT2D eigenvalue weighted by Gasteiger charge is -2.07. The van der Waals surface area contributed by atoms with Crippen LogP contribution in [0.2, 0.25) is 0 Å². The van der Waals surface area contributed by atoms with Gasteiger partial charge in [0.2, 0.25) is 0 Å². The number of hydrogen-bond donors (Lipinski definition) is 0. The Morgan fingerprint density at radius 1 is 0.957 bits per heavy atom. The summed E-state index contributed by atoms with van der Waals surface area (Å²) in [6, 6.07) is 12.6. The highest BCUT2D eigenvalue weighted by molar-refractivity contribution is 5.94. The Morgan fingerprint density at radius 2 is 1.65 bits per heavy atom. The first-order valence-corrected chi connectivity index (χ1v) is 8.51. The molecule has 0 unspecified atom stereocenters. The van der Waals surface area contributed by atoms with E-state index >= 15 is 0 Å². The molecule has 0 aliphatic carbocycles. The molecule has 122 valence electrons. The molecule has 0 bridgehead atoms. The van der Waals surface area contributed by atoms with Crippen molar-refractivity contribution < 1.29 is 9.18 Å². The normalized spacial score (nSPS) is 10.7. The molecule has 0 heterocycles. The maximum Gasteiger partial charge on any atom is 0.159 e. The fourth-order valence-corrected chi connectivity index (χ4v) is 2.77. The molecule has 1 nitrogen and oxygen atoms in total. The van der Waals surface area contributed by atoms with Gasteiger partial charge in [0.1, 0.15) is 5.82 Å². The molecule has 2 aromatic rings. The zero-order chi connectivity index (χ0) is 16.7. The summed E-state index contributed by atoms with van der Waals surface area (Å²) in [5, 5.41) is 0. The summed E-state index contributed by atoms with van der Waals surface area (Å²) in [6.07, 6.45) is 7.05. The largest absolute Gasteiger partial charge is 0.295 e. The summed E-state index contributed by atoms with van der Waals surface area (Å²) >= 11 is 0. The van der Waals surface area contributed by atoms with Gasteiger partial charge in [0.15, 0.2) is 5.78 Å². The minimum atomic E-state index is -0.188. The van der Waals surface area contributed by atoms with Crippen LogP contribution in [0.15, 0.2) is 42.5 Å². The SMILES string of the molecule is CCCCCCCc1ccc(-c2ccc(C(C)=O)cc2)c(F)c1. The summed E-state index contributed by atoms with van der Waals surface area (Å²) in [7, 11) is 0. The van der Waals surface area contributed by atoms with Gasteiger partial charge in [-0.25, -0.2) is 4.39 Å². The third kappa shape index (κ3) is 5.02. The summed E-state index contributed by atoms with van der Waals surface area (Å²) < 4.78 is 14.4. The van der Waals surface area contributed by atoms with E-state index < -0.39 is 0 Å². The summed E-state index contributed by atoms with van der Waals surface area (Å²) in [5.41, 5.74) is 3.11. The van der Waals surface area contributed by atoms with Crippen molar-refractivity contribution in [1.29, 1.82) is 0 Å². The molecule has 23 heavy (non-hydrogen) atoms. The second kappa shape index (κ2) is 8.61. The quantitative estimate of drug-likeness (QED) is 0.418. The number of aryl methyl sites for hydroxylation is 1. The van der Waals surface area contributed by atoms with Crippen molar-refractivity contribution in [2.24, 2.45) is 0 Å². The lowest BCUT2D eigenvalue weighted by molar-refractivity contribution is 0.101. The van der Waals surface area contributed by atoms with Crippen LogP contribution in [0.5, 0.6) is 0 Å². The van der Waals surface area contributed by atoms with Crippen molar-refractivity contribution in [2.75, 3.05) is 0 Å². The monoisotopic (exact) mass is 312 g/mol. The van der Waals surface area contributed by atoms with Crippen molar-refractivity contribution in [1.82, 2.24) is 0 Å². The Labute approximate surface area is 138 Å². The molecule has 0 fully saturated rings. The molecule has 0 saturated carbocycles. The highest BCUT2D eigenvalue weighted by atomic mass is 19.1. The van der Waals surface area contributed by atoms with E-state index in [1.807, 2.05) is 12.1 Å². The Bertz CT molecular complexity index is 643. The van der Waals surface area contributed by atoms with Gasteiger partial charge in [-0.05, 0) is 37.0 Å². The average molecular weight is 312 g/mol. The Hall–Kier alpha value is -1.96. The second-order valence-electron chi connectivity index (χ2n) is 6.11. The first kappa shape index (κ1) is 17.4. The molecular formula is C21H25FO. The maximum absolute atomic E-state index is 14.4. The van der Waals surface area contributed by atoms with E-state index in [1.54, 1.807) is 30.3 Å². The van der Waals surface area contributed by atoms with Gasteiger partial charge in [-0.3, -0.25) is 4.79 Å². The Kier molecular flexibility index (Phi) is 6.52. The molecule has 0 aliphatic heterocycles. The number of ketones is 1. The molecule has 0 radical (unpaired) electrons. The van der Waals surface area contributed by atoms with Gasteiger partial charge in [0, 0.05) is 11.1 Å². The van der Waals surface area contributed by atoms with E-state index in [1.165, 1.54) is 32.6 Å². The Morgan fingerprint density at radius 3 is 2.26 bits per heavy atom. The molecule has 2 aromatic carbocycles. The van der Waals surface area contributed by atoms with Crippen molar-refractivity contribution in [2.45, 2.75) is 52.4 Å². The van der Waals surface area contributed by atoms with Crippen LogP contribution in [0, 0.1) is 5.82 Å². The van der Waals surface area contributed by atoms with E-state index in [0.29, 0.717) is 11.1 Å². The minimum absolute atomic E-state index is 0.0236. The molecule has 0 spiro atoms. The molecular weight excluding hydrogens is 287 g/mol. The fourth-order valence-electron chi connectivity index (χ4n) is 2.77. The summed E-state index contributed by atoms with van der Waals surface area (Å²) in [4.78, 5) is 11.3. The van der Waals surface area contributed by atoms with Crippen LogP contribution in [-0.2, 0) is 6.42 Å². The van der Waals surface area contributed by atoms with E-state index in [4.69, 9.17) is 0 Å². The standard InChI is InChI=1S/C21H25FO/c1-3-4-5-6-7-8-17-9-14-20(21(22)15-17)19-12-10-18(11-13-19)16(2)23/h9-15H,3-8H2,1-2H3. The van der Waals surface area contributed by atoms with Gasteiger partial charge in [0.25, 0.3) is 0 Å².